The van der Waals surface area contributed by atoms with Crippen molar-refractivity contribution in [2.45, 2.75) is 32.0 Å². The molecule has 3 heteroatoms. The molecular formula is C8H15BrO2. The zero-order valence-corrected chi connectivity index (χ0v) is 8.52. The highest BCUT2D eigenvalue weighted by Gasteiger charge is 2.29. The van der Waals surface area contributed by atoms with Gasteiger partial charge in [0.1, 0.15) is 0 Å². The van der Waals surface area contributed by atoms with Crippen molar-refractivity contribution in [3.05, 3.63) is 0 Å². The van der Waals surface area contributed by atoms with Gasteiger partial charge in [0.25, 0.3) is 0 Å². The van der Waals surface area contributed by atoms with Crippen molar-refractivity contribution < 1.29 is 9.47 Å². The third-order valence-corrected chi connectivity index (χ3v) is 2.47. The van der Waals surface area contributed by atoms with Crippen LogP contribution in [0.25, 0.3) is 0 Å². The lowest BCUT2D eigenvalue weighted by Gasteiger charge is -2.21. The topological polar surface area (TPSA) is 18.5 Å². The highest BCUT2D eigenvalue weighted by molar-refractivity contribution is 9.09. The summed E-state index contributed by atoms with van der Waals surface area (Å²) in [6, 6.07) is 0. The summed E-state index contributed by atoms with van der Waals surface area (Å²) >= 11 is 3.39. The van der Waals surface area contributed by atoms with Crippen LogP contribution in [0.5, 0.6) is 0 Å². The quantitative estimate of drug-likeness (QED) is 0.537. The first kappa shape index (κ1) is 9.49. The number of halogens is 1. The molecule has 1 fully saturated rings. The van der Waals surface area contributed by atoms with Crippen molar-refractivity contribution in [1.82, 2.24) is 0 Å². The molecule has 0 saturated carbocycles. The van der Waals surface area contributed by atoms with E-state index in [1.54, 1.807) is 0 Å². The number of hydrogen-bond donors (Lipinski definition) is 0. The SMILES string of the molecule is CC1(CCCCBr)OCCO1. The molecule has 1 aliphatic rings. The minimum Gasteiger partial charge on any atom is -0.348 e. The average molecular weight is 223 g/mol. The molecule has 2 nitrogen and oxygen atoms in total. The second kappa shape index (κ2) is 4.43. The fourth-order valence-corrected chi connectivity index (χ4v) is 1.64. The molecule has 0 atom stereocenters. The molecule has 1 aliphatic heterocycles. The van der Waals surface area contributed by atoms with E-state index in [2.05, 4.69) is 15.9 Å². The maximum absolute atomic E-state index is 5.45. The smallest absolute Gasteiger partial charge is 0.165 e. The van der Waals surface area contributed by atoms with E-state index in [-0.39, 0.29) is 5.79 Å². The zero-order valence-electron chi connectivity index (χ0n) is 6.94. The maximum atomic E-state index is 5.45. The molecule has 0 aromatic rings. The van der Waals surface area contributed by atoms with Crippen molar-refractivity contribution >= 4 is 15.9 Å². The molecule has 0 spiro atoms. The van der Waals surface area contributed by atoms with Gasteiger partial charge in [0, 0.05) is 11.8 Å². The first-order valence-corrected chi connectivity index (χ1v) is 5.23. The van der Waals surface area contributed by atoms with Crippen LogP contribution in [0.2, 0.25) is 0 Å². The van der Waals surface area contributed by atoms with E-state index in [4.69, 9.17) is 9.47 Å². The molecule has 0 aromatic carbocycles. The van der Waals surface area contributed by atoms with Crippen molar-refractivity contribution in [2.75, 3.05) is 18.5 Å². The first-order valence-electron chi connectivity index (χ1n) is 4.11. The second-order valence-electron chi connectivity index (χ2n) is 2.98. The molecule has 0 bridgehead atoms. The Hall–Kier alpha value is 0.400. The zero-order chi connectivity index (χ0) is 8.16. The molecule has 66 valence electrons. The van der Waals surface area contributed by atoms with Crippen LogP contribution in [-0.2, 0) is 9.47 Å². The van der Waals surface area contributed by atoms with Crippen LogP contribution in [0.1, 0.15) is 26.2 Å². The fourth-order valence-electron chi connectivity index (χ4n) is 1.24. The minimum absolute atomic E-state index is 0.276. The van der Waals surface area contributed by atoms with E-state index in [1.165, 1.54) is 12.8 Å². The summed E-state index contributed by atoms with van der Waals surface area (Å²) in [5.41, 5.74) is 0. The van der Waals surface area contributed by atoms with Crippen LogP contribution < -0.4 is 0 Å². The number of ether oxygens (including phenoxy) is 2. The molecule has 0 aliphatic carbocycles. The summed E-state index contributed by atoms with van der Waals surface area (Å²) in [6.07, 6.45) is 3.38. The highest BCUT2D eigenvalue weighted by Crippen LogP contribution is 2.24. The van der Waals surface area contributed by atoms with Crippen LogP contribution in [0, 0.1) is 0 Å². The molecule has 0 aromatic heterocycles. The van der Waals surface area contributed by atoms with E-state index in [1.807, 2.05) is 6.92 Å². The predicted octanol–water partition coefficient (Wildman–Crippen LogP) is 2.31. The fraction of sp³-hybridized carbons (Fsp3) is 1.00. The Labute approximate surface area is 76.4 Å². The van der Waals surface area contributed by atoms with E-state index >= 15 is 0 Å². The average Bonchev–Trinajstić information content (AvgIpc) is 2.38. The van der Waals surface area contributed by atoms with Crippen molar-refractivity contribution in [1.29, 1.82) is 0 Å². The third kappa shape index (κ3) is 3.09. The minimum atomic E-state index is -0.276. The lowest BCUT2D eigenvalue weighted by Crippen LogP contribution is -2.25. The molecule has 1 saturated heterocycles. The van der Waals surface area contributed by atoms with Crippen molar-refractivity contribution in [3.8, 4) is 0 Å². The van der Waals surface area contributed by atoms with Crippen molar-refractivity contribution in [2.24, 2.45) is 0 Å². The van der Waals surface area contributed by atoms with E-state index in [9.17, 15) is 0 Å². The predicted molar refractivity (Wildman–Crippen MR) is 48.0 cm³/mol. The van der Waals surface area contributed by atoms with Gasteiger partial charge in [-0.15, -0.1) is 0 Å². The number of rotatable bonds is 4. The van der Waals surface area contributed by atoms with E-state index in [0.29, 0.717) is 0 Å². The standard InChI is InChI=1S/C8H15BrO2/c1-8(4-2-3-5-9)10-6-7-11-8/h2-7H2,1H3. The normalized spacial score (nSPS) is 22.4. The molecular weight excluding hydrogens is 208 g/mol. The van der Waals surface area contributed by atoms with Crippen LogP contribution in [0.4, 0.5) is 0 Å². The lowest BCUT2D eigenvalue weighted by molar-refractivity contribution is -0.147. The third-order valence-electron chi connectivity index (χ3n) is 1.91. The van der Waals surface area contributed by atoms with Gasteiger partial charge in [0.15, 0.2) is 5.79 Å². The molecule has 0 amide bonds. The summed E-state index contributed by atoms with van der Waals surface area (Å²) in [5, 5.41) is 1.07. The Morgan fingerprint density at radius 2 is 1.91 bits per heavy atom. The first-order chi connectivity index (χ1) is 5.27. The Morgan fingerprint density at radius 3 is 2.45 bits per heavy atom. The Morgan fingerprint density at radius 1 is 1.27 bits per heavy atom. The van der Waals surface area contributed by atoms with Gasteiger partial charge in [-0.1, -0.05) is 15.9 Å². The van der Waals surface area contributed by atoms with Gasteiger partial charge in [-0.3, -0.25) is 0 Å². The van der Waals surface area contributed by atoms with E-state index < -0.39 is 0 Å². The molecule has 1 rings (SSSR count). The van der Waals surface area contributed by atoms with Crippen LogP contribution in [-0.4, -0.2) is 24.3 Å². The van der Waals surface area contributed by atoms with Crippen LogP contribution in [0.15, 0.2) is 0 Å². The summed E-state index contributed by atoms with van der Waals surface area (Å²) in [7, 11) is 0. The molecule has 11 heavy (non-hydrogen) atoms. The molecule has 1 heterocycles. The number of alkyl halides is 1. The van der Waals surface area contributed by atoms with Crippen molar-refractivity contribution in [3.63, 3.8) is 0 Å². The Bertz CT molecular complexity index is 111. The summed E-state index contributed by atoms with van der Waals surface area (Å²) in [5.74, 6) is -0.276. The maximum Gasteiger partial charge on any atom is 0.165 e. The van der Waals surface area contributed by atoms with Gasteiger partial charge in [-0.25, -0.2) is 0 Å². The summed E-state index contributed by atoms with van der Waals surface area (Å²) in [6.45, 7) is 3.53. The lowest BCUT2D eigenvalue weighted by atomic mass is 10.1. The van der Waals surface area contributed by atoms with Gasteiger partial charge in [0.05, 0.1) is 13.2 Å². The molecule has 0 radical (unpaired) electrons. The van der Waals surface area contributed by atoms with E-state index in [0.717, 1.165) is 25.0 Å². The monoisotopic (exact) mass is 222 g/mol. The van der Waals surface area contributed by atoms with Crippen LogP contribution >= 0.6 is 15.9 Å². The van der Waals surface area contributed by atoms with Gasteiger partial charge in [-0.05, 0) is 19.8 Å². The molecule has 0 N–H and O–H groups in total. The number of hydrogen-bond acceptors (Lipinski definition) is 2. The Kier molecular flexibility index (Phi) is 3.82. The number of unbranched alkanes of at least 4 members (excludes halogenated alkanes) is 1. The highest BCUT2D eigenvalue weighted by atomic mass is 79.9. The second-order valence-corrected chi connectivity index (χ2v) is 3.77. The van der Waals surface area contributed by atoms with Gasteiger partial charge in [0.2, 0.25) is 0 Å². The summed E-state index contributed by atoms with van der Waals surface area (Å²) < 4.78 is 10.9. The van der Waals surface area contributed by atoms with Gasteiger partial charge >= 0.3 is 0 Å². The summed E-state index contributed by atoms with van der Waals surface area (Å²) in [4.78, 5) is 0. The van der Waals surface area contributed by atoms with Crippen LogP contribution in [0.3, 0.4) is 0 Å². The largest absolute Gasteiger partial charge is 0.348 e. The van der Waals surface area contributed by atoms with Gasteiger partial charge < -0.3 is 9.47 Å². The Balaban J connectivity index is 2.13. The molecule has 0 unspecified atom stereocenters. The van der Waals surface area contributed by atoms with Gasteiger partial charge in [-0.2, -0.15) is 0 Å².